The molecule has 0 unspecified atom stereocenters. The Morgan fingerprint density at radius 3 is 2.76 bits per heavy atom. The summed E-state index contributed by atoms with van der Waals surface area (Å²) in [5.74, 6) is 0.112. The van der Waals surface area contributed by atoms with Crippen molar-refractivity contribution in [3.8, 4) is 5.75 Å². The zero-order valence-electron chi connectivity index (χ0n) is 14.5. The Morgan fingerprint density at radius 2 is 2.08 bits per heavy atom. The third-order valence-corrected chi connectivity index (χ3v) is 3.97. The summed E-state index contributed by atoms with van der Waals surface area (Å²) < 4.78 is 3.36. The van der Waals surface area contributed by atoms with E-state index in [4.69, 9.17) is 0 Å². The standard InChI is InChI=1S/C18H21N5O2/c1-12(2)14-10-16(13(3)9-17(14)24)20-18(25)15-5-8-23(21-15)11-22-7-4-6-19-22/h4-10,12,24H,11H2,1-3H3,(H,20,25). The van der Waals surface area contributed by atoms with Crippen LogP contribution in [0.15, 0.2) is 42.9 Å². The first-order valence-corrected chi connectivity index (χ1v) is 8.10. The lowest BCUT2D eigenvalue weighted by Gasteiger charge is -2.14. The molecule has 7 heteroatoms. The zero-order valence-corrected chi connectivity index (χ0v) is 14.5. The van der Waals surface area contributed by atoms with Gasteiger partial charge in [-0.3, -0.25) is 14.2 Å². The summed E-state index contributed by atoms with van der Waals surface area (Å²) in [4.78, 5) is 12.5. The van der Waals surface area contributed by atoms with Crippen molar-refractivity contribution in [1.29, 1.82) is 0 Å². The molecule has 0 spiro atoms. The van der Waals surface area contributed by atoms with E-state index in [1.165, 1.54) is 0 Å². The molecule has 0 aliphatic heterocycles. The van der Waals surface area contributed by atoms with E-state index in [1.807, 2.05) is 39.1 Å². The van der Waals surface area contributed by atoms with E-state index >= 15 is 0 Å². The molecular formula is C18H21N5O2. The lowest BCUT2D eigenvalue weighted by molar-refractivity contribution is 0.102. The number of phenolic OH excluding ortho intramolecular Hbond substituents is 1. The normalized spacial score (nSPS) is 11.0. The molecule has 0 radical (unpaired) electrons. The zero-order chi connectivity index (χ0) is 18.0. The SMILES string of the molecule is Cc1cc(O)c(C(C)C)cc1NC(=O)c1ccn(Cn2cccn2)n1. The maximum absolute atomic E-state index is 12.5. The van der Waals surface area contributed by atoms with Crippen LogP contribution in [0.1, 0.15) is 41.4 Å². The number of anilines is 1. The van der Waals surface area contributed by atoms with Crippen molar-refractivity contribution in [3.05, 3.63) is 59.7 Å². The molecule has 0 saturated heterocycles. The Hall–Kier alpha value is -3.09. The second kappa shape index (κ2) is 6.80. The van der Waals surface area contributed by atoms with Gasteiger partial charge in [-0.2, -0.15) is 10.2 Å². The van der Waals surface area contributed by atoms with Crippen molar-refractivity contribution in [2.75, 3.05) is 5.32 Å². The summed E-state index contributed by atoms with van der Waals surface area (Å²) in [6, 6.07) is 6.98. The second-order valence-corrected chi connectivity index (χ2v) is 6.26. The molecule has 1 aromatic carbocycles. The predicted octanol–water partition coefficient (Wildman–Crippen LogP) is 2.98. The van der Waals surface area contributed by atoms with Crippen LogP contribution in [0.25, 0.3) is 0 Å². The van der Waals surface area contributed by atoms with Gasteiger partial charge in [-0.1, -0.05) is 13.8 Å². The summed E-state index contributed by atoms with van der Waals surface area (Å²) in [6.07, 6.45) is 5.26. The predicted molar refractivity (Wildman–Crippen MR) is 94.7 cm³/mol. The molecule has 2 heterocycles. The number of hydrogen-bond acceptors (Lipinski definition) is 4. The smallest absolute Gasteiger partial charge is 0.276 e. The summed E-state index contributed by atoms with van der Waals surface area (Å²) in [5.41, 5.74) is 2.59. The van der Waals surface area contributed by atoms with E-state index in [0.717, 1.165) is 11.1 Å². The van der Waals surface area contributed by atoms with Crippen molar-refractivity contribution in [3.63, 3.8) is 0 Å². The van der Waals surface area contributed by atoms with Gasteiger partial charge in [0.25, 0.3) is 5.91 Å². The topological polar surface area (TPSA) is 85.0 Å². The summed E-state index contributed by atoms with van der Waals surface area (Å²) in [7, 11) is 0. The van der Waals surface area contributed by atoms with E-state index in [9.17, 15) is 9.90 Å². The highest BCUT2D eigenvalue weighted by molar-refractivity contribution is 6.03. The minimum atomic E-state index is -0.289. The van der Waals surface area contributed by atoms with E-state index in [1.54, 1.807) is 33.9 Å². The highest BCUT2D eigenvalue weighted by atomic mass is 16.3. The molecule has 0 fully saturated rings. The van der Waals surface area contributed by atoms with Gasteiger partial charge in [-0.25, -0.2) is 0 Å². The van der Waals surface area contributed by atoms with Crippen molar-refractivity contribution in [2.45, 2.75) is 33.4 Å². The lowest BCUT2D eigenvalue weighted by atomic mass is 9.99. The number of nitrogens with one attached hydrogen (secondary N) is 1. The number of aromatic hydroxyl groups is 1. The molecule has 7 nitrogen and oxygen atoms in total. The molecule has 130 valence electrons. The van der Waals surface area contributed by atoms with Gasteiger partial charge in [-0.05, 0) is 48.2 Å². The minimum Gasteiger partial charge on any atom is -0.508 e. The first-order chi connectivity index (χ1) is 11.9. The first kappa shape index (κ1) is 16.8. The molecular weight excluding hydrogens is 318 g/mol. The highest BCUT2D eigenvalue weighted by Crippen LogP contribution is 2.31. The quantitative estimate of drug-likeness (QED) is 0.700. The Labute approximate surface area is 145 Å². The van der Waals surface area contributed by atoms with Gasteiger partial charge in [0.15, 0.2) is 5.69 Å². The van der Waals surface area contributed by atoms with Crippen molar-refractivity contribution in [1.82, 2.24) is 19.6 Å². The summed E-state index contributed by atoms with van der Waals surface area (Å²) in [6.45, 7) is 6.27. The fourth-order valence-corrected chi connectivity index (χ4v) is 2.59. The van der Waals surface area contributed by atoms with Crippen LogP contribution in [-0.2, 0) is 6.67 Å². The van der Waals surface area contributed by atoms with Crippen LogP contribution >= 0.6 is 0 Å². The number of aromatic nitrogens is 4. The Morgan fingerprint density at radius 1 is 1.28 bits per heavy atom. The molecule has 25 heavy (non-hydrogen) atoms. The van der Waals surface area contributed by atoms with Crippen LogP contribution < -0.4 is 5.32 Å². The van der Waals surface area contributed by atoms with Crippen LogP contribution in [0, 0.1) is 6.92 Å². The molecule has 3 aromatic rings. The minimum absolute atomic E-state index is 0.157. The van der Waals surface area contributed by atoms with Gasteiger partial charge < -0.3 is 10.4 Å². The molecule has 2 N–H and O–H groups in total. The summed E-state index contributed by atoms with van der Waals surface area (Å²) in [5, 5.41) is 21.3. The third kappa shape index (κ3) is 3.71. The fourth-order valence-electron chi connectivity index (χ4n) is 2.59. The first-order valence-electron chi connectivity index (χ1n) is 8.10. The van der Waals surface area contributed by atoms with Crippen LogP contribution in [0.4, 0.5) is 5.69 Å². The number of benzene rings is 1. The van der Waals surface area contributed by atoms with Crippen molar-refractivity contribution in [2.24, 2.45) is 0 Å². The van der Waals surface area contributed by atoms with Crippen molar-refractivity contribution < 1.29 is 9.90 Å². The van der Waals surface area contributed by atoms with Gasteiger partial charge in [0.05, 0.1) is 0 Å². The molecule has 0 saturated carbocycles. The molecule has 0 aliphatic rings. The molecule has 0 aliphatic carbocycles. The van der Waals surface area contributed by atoms with E-state index < -0.39 is 0 Å². The fraction of sp³-hybridized carbons (Fsp3) is 0.278. The van der Waals surface area contributed by atoms with Gasteiger partial charge >= 0.3 is 0 Å². The number of hydrogen-bond donors (Lipinski definition) is 2. The molecule has 2 aromatic heterocycles. The van der Waals surface area contributed by atoms with Crippen LogP contribution in [0.2, 0.25) is 0 Å². The molecule has 3 rings (SSSR count). The summed E-state index contributed by atoms with van der Waals surface area (Å²) >= 11 is 0. The number of aryl methyl sites for hydroxylation is 1. The van der Waals surface area contributed by atoms with Crippen LogP contribution in [0.3, 0.4) is 0 Å². The van der Waals surface area contributed by atoms with Gasteiger partial charge in [0, 0.05) is 24.3 Å². The Kier molecular flexibility index (Phi) is 4.56. The average Bonchev–Trinajstić information content (AvgIpc) is 3.22. The Bertz CT molecular complexity index is 881. The van der Waals surface area contributed by atoms with E-state index in [-0.39, 0.29) is 17.6 Å². The maximum atomic E-state index is 12.5. The van der Waals surface area contributed by atoms with Crippen LogP contribution in [0.5, 0.6) is 5.75 Å². The van der Waals surface area contributed by atoms with Gasteiger partial charge in [0.2, 0.25) is 0 Å². The average molecular weight is 339 g/mol. The number of phenols is 1. The van der Waals surface area contributed by atoms with Crippen molar-refractivity contribution >= 4 is 11.6 Å². The number of rotatable bonds is 5. The Balaban J connectivity index is 1.76. The molecule has 1 amide bonds. The molecule has 0 atom stereocenters. The van der Waals surface area contributed by atoms with Crippen LogP contribution in [-0.4, -0.2) is 30.6 Å². The maximum Gasteiger partial charge on any atom is 0.276 e. The largest absolute Gasteiger partial charge is 0.508 e. The molecule has 0 bridgehead atoms. The third-order valence-electron chi connectivity index (χ3n) is 3.97. The number of nitrogens with zero attached hydrogens (tertiary/aromatic N) is 4. The van der Waals surface area contributed by atoms with E-state index in [0.29, 0.717) is 18.1 Å². The number of carbonyl (C=O) groups excluding carboxylic acids is 1. The van der Waals surface area contributed by atoms with Gasteiger partial charge in [0.1, 0.15) is 12.4 Å². The monoisotopic (exact) mass is 339 g/mol. The number of amides is 1. The number of carbonyl (C=O) groups is 1. The highest BCUT2D eigenvalue weighted by Gasteiger charge is 2.14. The van der Waals surface area contributed by atoms with Gasteiger partial charge in [-0.15, -0.1) is 0 Å². The lowest BCUT2D eigenvalue weighted by Crippen LogP contribution is -2.15. The van der Waals surface area contributed by atoms with E-state index in [2.05, 4.69) is 15.5 Å². The second-order valence-electron chi connectivity index (χ2n) is 6.26.